The summed E-state index contributed by atoms with van der Waals surface area (Å²) in [5.41, 5.74) is 2.75. The second-order valence-electron chi connectivity index (χ2n) is 6.91. The number of nitrogens with one attached hydrogen (secondary N) is 1. The number of carbonyl (C=O) groups is 1. The van der Waals surface area contributed by atoms with E-state index in [9.17, 15) is 4.79 Å². The molecule has 0 atom stereocenters. The van der Waals surface area contributed by atoms with Crippen LogP contribution in [0.3, 0.4) is 0 Å². The van der Waals surface area contributed by atoms with Gasteiger partial charge in [0.1, 0.15) is 0 Å². The van der Waals surface area contributed by atoms with Crippen molar-refractivity contribution in [2.24, 2.45) is 0 Å². The van der Waals surface area contributed by atoms with Crippen LogP contribution in [0.2, 0.25) is 15.3 Å². The van der Waals surface area contributed by atoms with Gasteiger partial charge in [-0.1, -0.05) is 0 Å². The van der Waals surface area contributed by atoms with Gasteiger partial charge in [0.15, 0.2) is 0 Å². The molecule has 0 unspecified atom stereocenters. The van der Waals surface area contributed by atoms with E-state index in [1.807, 2.05) is 48.5 Å². The van der Waals surface area contributed by atoms with Crippen LogP contribution in [0, 0.1) is 0 Å². The van der Waals surface area contributed by atoms with Crippen molar-refractivity contribution in [1.29, 1.82) is 0 Å². The van der Waals surface area contributed by atoms with Crippen LogP contribution < -0.4 is 5.32 Å². The van der Waals surface area contributed by atoms with Gasteiger partial charge >= 0.3 is 189 Å². The zero-order chi connectivity index (χ0) is 20.8. The predicted octanol–water partition coefficient (Wildman–Crippen LogP) is 5.37. The Bertz CT molecular complexity index is 1010. The van der Waals surface area contributed by atoms with Gasteiger partial charge in [-0.3, -0.25) is 0 Å². The number of nitrogens with zero attached hydrogens (tertiary/aromatic N) is 2. The van der Waals surface area contributed by atoms with Crippen LogP contribution in [0.1, 0.15) is 22.3 Å². The number of carbonyl (C=O) groups excluding carboxylic acids is 1. The van der Waals surface area contributed by atoms with Gasteiger partial charge in [-0.05, 0) is 0 Å². The average Bonchev–Trinajstić information content (AvgIpc) is 2.71. The quantitative estimate of drug-likeness (QED) is 0.341. The molecule has 0 aliphatic rings. The summed E-state index contributed by atoms with van der Waals surface area (Å²) in [6, 6.07) is 15.5. The maximum atomic E-state index is 12.6. The number of para-hydroxylation sites is 1. The van der Waals surface area contributed by atoms with Gasteiger partial charge in [-0.15, -0.1) is 0 Å². The minimum absolute atomic E-state index is 0.0155. The number of aromatic nitrogens is 1. The van der Waals surface area contributed by atoms with Crippen molar-refractivity contribution < 1.29 is 4.79 Å². The summed E-state index contributed by atoms with van der Waals surface area (Å²) in [4.78, 5) is 18.8. The molecule has 2 aromatic carbocycles. The van der Waals surface area contributed by atoms with Crippen molar-refractivity contribution in [2.45, 2.75) is 16.8 Å². The third-order valence-corrected chi connectivity index (χ3v) is 7.73. The molecule has 0 bridgehead atoms. The molecule has 3 rings (SSSR count). The first kappa shape index (κ1) is 22.0. The van der Waals surface area contributed by atoms with Crippen molar-refractivity contribution in [3.63, 3.8) is 0 Å². The van der Waals surface area contributed by atoms with E-state index in [0.717, 1.165) is 34.9 Å². The van der Waals surface area contributed by atoms with E-state index in [1.54, 1.807) is 19.0 Å². The summed E-state index contributed by atoms with van der Waals surface area (Å²) in [5.74, 6) is 0.730. The number of fused-ring (bicyclic) bond motifs is 1. The number of rotatable bonds is 8. The Morgan fingerprint density at radius 3 is 2.66 bits per heavy atom. The Morgan fingerprint density at radius 2 is 1.90 bits per heavy atom. The van der Waals surface area contributed by atoms with Gasteiger partial charge < -0.3 is 0 Å². The summed E-state index contributed by atoms with van der Waals surface area (Å²) < 4.78 is 0. The van der Waals surface area contributed by atoms with E-state index in [2.05, 4.69) is 10.3 Å². The van der Waals surface area contributed by atoms with Crippen molar-refractivity contribution in [1.82, 2.24) is 9.88 Å². The van der Waals surface area contributed by atoms with Gasteiger partial charge in [-0.25, -0.2) is 0 Å². The molecule has 1 amide bonds. The van der Waals surface area contributed by atoms with E-state index in [0.29, 0.717) is 15.6 Å². The number of anilines is 1. The number of halogens is 2. The Balaban J connectivity index is 1.55. The minimum atomic E-state index is -0.0155. The first-order valence-electron chi connectivity index (χ1n) is 9.38. The third-order valence-electron chi connectivity index (χ3n) is 4.43. The Labute approximate surface area is 188 Å². The summed E-state index contributed by atoms with van der Waals surface area (Å²) in [7, 11) is 3.53. The molecule has 0 saturated heterocycles. The second-order valence-corrected chi connectivity index (χ2v) is 10.3. The molecule has 0 fully saturated rings. The van der Waals surface area contributed by atoms with Gasteiger partial charge in [0.25, 0.3) is 0 Å². The van der Waals surface area contributed by atoms with Crippen molar-refractivity contribution in [2.75, 3.05) is 26.0 Å². The van der Waals surface area contributed by atoms with E-state index in [4.69, 9.17) is 23.2 Å². The van der Waals surface area contributed by atoms with Gasteiger partial charge in [0, 0.05) is 0 Å². The number of hydrogen-bond acceptors (Lipinski definition) is 3. The van der Waals surface area contributed by atoms with Gasteiger partial charge in [0.2, 0.25) is 0 Å². The molecule has 151 valence electrons. The van der Waals surface area contributed by atoms with Crippen molar-refractivity contribution in [3.8, 4) is 0 Å². The standard InChI is InChI=1S/C22H23AsCl2N3O/c1-28(2)22(29)17-13-21(27-20-7-4-3-6-16(17)20)26-11-5-10-23-14-15-8-9-18(24)19(25)12-15/h3-4,6-9,12-13H,5,10-11,14H2,1-2H3,(H,26,27). The molecule has 7 heteroatoms. The first-order chi connectivity index (χ1) is 14.0. The van der Waals surface area contributed by atoms with Crippen LogP contribution in [0.4, 0.5) is 5.82 Å². The molecule has 4 nitrogen and oxygen atoms in total. The molecular weight excluding hydrogens is 468 g/mol. The topological polar surface area (TPSA) is 45.2 Å². The fraction of sp³-hybridized carbons (Fsp3) is 0.273. The number of pyridine rings is 1. The SMILES string of the molecule is CN(C)C(=O)c1cc(NCCC[As]Cc2ccc(Cl)c(Cl)c2)nc2ccccc12. The van der Waals surface area contributed by atoms with Crippen molar-refractivity contribution >= 4 is 61.6 Å². The summed E-state index contributed by atoms with van der Waals surface area (Å²) in [5, 5.41) is 7.74. The molecule has 0 aliphatic heterocycles. The molecule has 1 heterocycles. The molecule has 29 heavy (non-hydrogen) atoms. The van der Waals surface area contributed by atoms with E-state index in [-0.39, 0.29) is 21.7 Å². The Hall–Kier alpha value is -1.74. The summed E-state index contributed by atoms with van der Waals surface area (Å²) in [6.07, 6.45) is 1.06. The molecule has 1 radical (unpaired) electrons. The number of benzene rings is 2. The van der Waals surface area contributed by atoms with E-state index in [1.165, 1.54) is 10.8 Å². The molecule has 1 aromatic heterocycles. The number of amides is 1. The van der Waals surface area contributed by atoms with Gasteiger partial charge in [-0.2, -0.15) is 0 Å². The second kappa shape index (κ2) is 10.3. The normalized spacial score (nSPS) is 11.3. The Kier molecular flexibility index (Phi) is 7.83. The Morgan fingerprint density at radius 1 is 1.10 bits per heavy atom. The van der Waals surface area contributed by atoms with Crippen LogP contribution in [0.5, 0.6) is 0 Å². The first-order valence-corrected chi connectivity index (χ1v) is 12.8. The van der Waals surface area contributed by atoms with Crippen LogP contribution in [0.15, 0.2) is 48.5 Å². The molecule has 0 spiro atoms. The monoisotopic (exact) mass is 490 g/mol. The van der Waals surface area contributed by atoms with Crippen LogP contribution in [-0.2, 0) is 5.21 Å². The summed E-state index contributed by atoms with van der Waals surface area (Å²) in [6.45, 7) is 0.831. The zero-order valence-corrected chi connectivity index (χ0v) is 19.8. The molecular formula is C22H23AsCl2N3O. The fourth-order valence-corrected chi connectivity index (χ4v) is 5.34. The fourth-order valence-electron chi connectivity index (χ4n) is 2.94. The van der Waals surface area contributed by atoms with E-state index < -0.39 is 0 Å². The summed E-state index contributed by atoms with van der Waals surface area (Å²) >= 11 is 12.3. The van der Waals surface area contributed by atoms with Gasteiger partial charge in [0.05, 0.1) is 0 Å². The van der Waals surface area contributed by atoms with Crippen LogP contribution in [-0.4, -0.2) is 52.2 Å². The molecule has 0 aliphatic carbocycles. The average molecular weight is 491 g/mol. The molecule has 0 saturated carbocycles. The van der Waals surface area contributed by atoms with Crippen LogP contribution >= 0.6 is 23.2 Å². The number of hydrogen-bond donors (Lipinski definition) is 1. The maximum absolute atomic E-state index is 12.6. The molecule has 3 aromatic rings. The van der Waals surface area contributed by atoms with Crippen LogP contribution in [0.25, 0.3) is 10.9 Å². The van der Waals surface area contributed by atoms with E-state index >= 15 is 0 Å². The predicted molar refractivity (Wildman–Crippen MR) is 124 cm³/mol. The zero-order valence-electron chi connectivity index (χ0n) is 16.5. The van der Waals surface area contributed by atoms with Crippen molar-refractivity contribution in [3.05, 3.63) is 69.7 Å². The third kappa shape index (κ3) is 5.88. The molecule has 1 N–H and O–H groups in total.